The van der Waals surface area contributed by atoms with E-state index >= 15 is 0 Å². The molecule has 0 saturated heterocycles. The molecule has 2 aromatic carbocycles. The lowest BCUT2D eigenvalue weighted by atomic mass is 10.1. The van der Waals surface area contributed by atoms with Crippen LogP contribution in [0, 0.1) is 6.92 Å². The molecule has 28 heavy (non-hydrogen) atoms. The van der Waals surface area contributed by atoms with Gasteiger partial charge in [-0.3, -0.25) is 4.57 Å². The van der Waals surface area contributed by atoms with E-state index in [2.05, 4.69) is 30.2 Å². The number of para-hydroxylation sites is 1. The largest absolute Gasteiger partial charge is 0.282 e. The van der Waals surface area contributed by atoms with E-state index in [9.17, 15) is 0 Å². The first kappa shape index (κ1) is 17.9. The summed E-state index contributed by atoms with van der Waals surface area (Å²) in [4.78, 5) is 14.3. The van der Waals surface area contributed by atoms with Crippen LogP contribution >= 0.6 is 0 Å². The van der Waals surface area contributed by atoms with Crippen LogP contribution in [0.25, 0.3) is 39.9 Å². The molecule has 0 N–H and O–H groups in total. The van der Waals surface area contributed by atoms with Crippen molar-refractivity contribution in [3.05, 3.63) is 84.3 Å². The maximum atomic E-state index is 4.83. The standard InChI is InChI=1S/C24H22N4/c1-5-16(3)22-25-23(18-12-8-7-9-13-18)27-24(26-22)28-17(4)19(6-2)20-14-10-11-15-21(20)28/h5-15H,2H2,1,3-4H3. The molecule has 4 rings (SSSR count). The third-order valence-corrected chi connectivity index (χ3v) is 5.01. The van der Waals surface area contributed by atoms with Gasteiger partial charge in [0.05, 0.1) is 5.52 Å². The van der Waals surface area contributed by atoms with Crippen LogP contribution in [-0.2, 0) is 0 Å². The molecule has 138 valence electrons. The Kier molecular flexibility index (Phi) is 4.62. The van der Waals surface area contributed by atoms with Crippen LogP contribution in [0.4, 0.5) is 0 Å². The van der Waals surface area contributed by atoms with Gasteiger partial charge in [0.2, 0.25) is 5.95 Å². The lowest BCUT2D eigenvalue weighted by Gasteiger charge is -2.11. The second-order valence-corrected chi connectivity index (χ2v) is 6.68. The molecule has 0 fully saturated rings. The minimum Gasteiger partial charge on any atom is -0.282 e. The van der Waals surface area contributed by atoms with Crippen LogP contribution in [0.3, 0.4) is 0 Å². The van der Waals surface area contributed by atoms with Crippen molar-refractivity contribution in [1.29, 1.82) is 0 Å². The fraction of sp³-hybridized carbons (Fsp3) is 0.125. The van der Waals surface area contributed by atoms with Crippen molar-refractivity contribution >= 4 is 22.6 Å². The summed E-state index contributed by atoms with van der Waals surface area (Å²) >= 11 is 0. The minimum atomic E-state index is 0.617. The Labute approximate surface area is 164 Å². The van der Waals surface area contributed by atoms with E-state index in [0.717, 1.165) is 33.3 Å². The van der Waals surface area contributed by atoms with Crippen LogP contribution in [0.15, 0.2) is 67.3 Å². The van der Waals surface area contributed by atoms with Gasteiger partial charge in [-0.05, 0) is 32.4 Å². The smallest absolute Gasteiger partial charge is 0.238 e. The molecule has 0 spiro atoms. The Morgan fingerprint density at radius 1 is 0.964 bits per heavy atom. The Bertz CT molecular complexity index is 1200. The number of hydrogen-bond donors (Lipinski definition) is 0. The van der Waals surface area contributed by atoms with Crippen molar-refractivity contribution in [2.45, 2.75) is 20.8 Å². The quantitative estimate of drug-likeness (QED) is 0.454. The number of fused-ring (bicyclic) bond motifs is 1. The topological polar surface area (TPSA) is 43.6 Å². The molecule has 4 heteroatoms. The lowest BCUT2D eigenvalue weighted by molar-refractivity contribution is 0.889. The highest BCUT2D eigenvalue weighted by molar-refractivity contribution is 5.92. The summed E-state index contributed by atoms with van der Waals surface area (Å²) in [7, 11) is 0. The molecule has 0 unspecified atom stereocenters. The number of aromatic nitrogens is 4. The molecule has 0 aliphatic heterocycles. The fourth-order valence-electron chi connectivity index (χ4n) is 3.39. The number of rotatable bonds is 4. The molecule has 4 nitrogen and oxygen atoms in total. The Morgan fingerprint density at radius 2 is 1.68 bits per heavy atom. The molecule has 2 heterocycles. The third kappa shape index (κ3) is 2.93. The van der Waals surface area contributed by atoms with Crippen LogP contribution in [0.1, 0.15) is 30.9 Å². The molecule has 4 aromatic rings. The van der Waals surface area contributed by atoms with E-state index in [1.807, 2.05) is 68.5 Å². The predicted molar refractivity (Wildman–Crippen MR) is 116 cm³/mol. The van der Waals surface area contributed by atoms with E-state index in [0.29, 0.717) is 17.6 Å². The maximum absolute atomic E-state index is 4.83. The van der Waals surface area contributed by atoms with E-state index in [1.165, 1.54) is 0 Å². The Balaban J connectivity index is 2.05. The highest BCUT2D eigenvalue weighted by Gasteiger charge is 2.17. The predicted octanol–water partition coefficient (Wildman–Crippen LogP) is 5.86. The first-order valence-electron chi connectivity index (χ1n) is 9.31. The van der Waals surface area contributed by atoms with Crippen molar-refractivity contribution in [3.63, 3.8) is 0 Å². The van der Waals surface area contributed by atoms with Crippen molar-refractivity contribution in [2.24, 2.45) is 0 Å². The minimum absolute atomic E-state index is 0.617. The summed E-state index contributed by atoms with van der Waals surface area (Å²) in [6, 6.07) is 18.3. The molecule has 0 aliphatic carbocycles. The first-order valence-corrected chi connectivity index (χ1v) is 9.31. The summed E-state index contributed by atoms with van der Waals surface area (Å²) in [6.07, 6.45) is 3.91. The molecular formula is C24H22N4. The van der Waals surface area contributed by atoms with E-state index < -0.39 is 0 Å². The summed E-state index contributed by atoms with van der Waals surface area (Å²) in [5.41, 5.74) is 5.20. The van der Waals surface area contributed by atoms with Gasteiger partial charge >= 0.3 is 0 Å². The SMILES string of the molecule is C=Cc1c(C)n(-c2nc(C(C)=CC)nc(-c3ccccc3)n2)c2ccccc12. The normalized spacial score (nSPS) is 11.8. The molecule has 0 saturated carbocycles. The third-order valence-electron chi connectivity index (χ3n) is 5.01. The second-order valence-electron chi connectivity index (χ2n) is 6.68. The zero-order chi connectivity index (χ0) is 19.7. The summed E-state index contributed by atoms with van der Waals surface area (Å²) in [6.45, 7) is 10.1. The van der Waals surface area contributed by atoms with Crippen molar-refractivity contribution in [2.75, 3.05) is 0 Å². The zero-order valence-corrected chi connectivity index (χ0v) is 16.3. The van der Waals surface area contributed by atoms with Gasteiger partial charge in [-0.15, -0.1) is 0 Å². The van der Waals surface area contributed by atoms with Crippen molar-refractivity contribution in [3.8, 4) is 17.3 Å². The van der Waals surface area contributed by atoms with Gasteiger partial charge in [0.25, 0.3) is 0 Å². The van der Waals surface area contributed by atoms with Gasteiger partial charge in [0.15, 0.2) is 11.6 Å². The average molecular weight is 366 g/mol. The molecule has 0 amide bonds. The van der Waals surface area contributed by atoms with Crippen LogP contribution in [0.5, 0.6) is 0 Å². The number of hydrogen-bond acceptors (Lipinski definition) is 3. The molecule has 0 aliphatic rings. The summed E-state index contributed by atoms with van der Waals surface area (Å²) in [5, 5.41) is 1.14. The molecule has 0 bridgehead atoms. The van der Waals surface area contributed by atoms with Gasteiger partial charge in [0.1, 0.15) is 0 Å². The lowest BCUT2D eigenvalue weighted by Crippen LogP contribution is -2.08. The monoisotopic (exact) mass is 366 g/mol. The Hall–Kier alpha value is -3.53. The van der Waals surface area contributed by atoms with Crippen LogP contribution in [-0.4, -0.2) is 19.5 Å². The maximum Gasteiger partial charge on any atom is 0.238 e. The zero-order valence-electron chi connectivity index (χ0n) is 16.3. The van der Waals surface area contributed by atoms with E-state index in [-0.39, 0.29) is 0 Å². The highest BCUT2D eigenvalue weighted by atomic mass is 15.2. The fourth-order valence-corrected chi connectivity index (χ4v) is 3.39. The average Bonchev–Trinajstić information content (AvgIpc) is 3.04. The molecule has 0 radical (unpaired) electrons. The molecular weight excluding hydrogens is 344 g/mol. The van der Waals surface area contributed by atoms with Gasteiger partial charge in [-0.2, -0.15) is 9.97 Å². The second kappa shape index (κ2) is 7.24. The van der Waals surface area contributed by atoms with E-state index in [1.54, 1.807) is 0 Å². The Morgan fingerprint density at radius 3 is 2.39 bits per heavy atom. The van der Waals surface area contributed by atoms with Crippen LogP contribution in [0.2, 0.25) is 0 Å². The molecule has 2 aromatic heterocycles. The highest BCUT2D eigenvalue weighted by Crippen LogP contribution is 2.29. The number of allylic oxidation sites excluding steroid dienone is 2. The van der Waals surface area contributed by atoms with Gasteiger partial charge < -0.3 is 0 Å². The first-order chi connectivity index (χ1) is 13.6. The molecule has 0 atom stereocenters. The van der Waals surface area contributed by atoms with Crippen molar-refractivity contribution in [1.82, 2.24) is 19.5 Å². The van der Waals surface area contributed by atoms with Gasteiger partial charge in [-0.25, -0.2) is 4.98 Å². The summed E-state index contributed by atoms with van der Waals surface area (Å²) in [5.74, 6) is 1.97. The van der Waals surface area contributed by atoms with Gasteiger partial charge in [0, 0.05) is 22.2 Å². The number of benzene rings is 2. The number of nitrogens with zero attached hydrogens (tertiary/aromatic N) is 4. The van der Waals surface area contributed by atoms with E-state index in [4.69, 9.17) is 15.0 Å². The van der Waals surface area contributed by atoms with Crippen LogP contribution < -0.4 is 0 Å². The van der Waals surface area contributed by atoms with Gasteiger partial charge in [-0.1, -0.05) is 67.3 Å². The van der Waals surface area contributed by atoms with Crippen molar-refractivity contribution < 1.29 is 0 Å². The summed E-state index contributed by atoms with van der Waals surface area (Å²) < 4.78 is 2.09.